The number of aromatic nitrogens is 2. The summed E-state index contributed by atoms with van der Waals surface area (Å²) in [6, 6.07) is 0. The van der Waals surface area contributed by atoms with Crippen molar-refractivity contribution in [2.24, 2.45) is 4.99 Å². The third-order valence-corrected chi connectivity index (χ3v) is 1.75. The predicted molar refractivity (Wildman–Crippen MR) is 61.1 cm³/mol. The number of rotatable bonds is 3. The van der Waals surface area contributed by atoms with Gasteiger partial charge in [-0.25, -0.2) is 15.0 Å². The number of hydrogen-bond donors (Lipinski definition) is 1. The van der Waals surface area contributed by atoms with E-state index in [1.165, 1.54) is 0 Å². The van der Waals surface area contributed by atoms with E-state index in [4.69, 9.17) is 0 Å². The fourth-order valence-corrected chi connectivity index (χ4v) is 1.07. The Hall–Kier alpha value is -1.17. The highest BCUT2D eigenvalue weighted by atomic mass is 79.9. The molecular formula is C8H12BrN5. The third kappa shape index (κ3) is 2.95. The van der Waals surface area contributed by atoms with E-state index < -0.39 is 0 Å². The van der Waals surface area contributed by atoms with Gasteiger partial charge in [0, 0.05) is 21.1 Å². The SMILES string of the molecule is CNc1nc(Br)cnc1N=CN(C)C. The van der Waals surface area contributed by atoms with Crippen LogP contribution in [0, 0.1) is 0 Å². The fourth-order valence-electron chi connectivity index (χ4n) is 0.794. The summed E-state index contributed by atoms with van der Waals surface area (Å²) in [7, 11) is 5.58. The monoisotopic (exact) mass is 257 g/mol. The first-order chi connectivity index (χ1) is 6.63. The molecule has 0 saturated carbocycles. The van der Waals surface area contributed by atoms with Crippen LogP contribution in [0.3, 0.4) is 0 Å². The van der Waals surface area contributed by atoms with Crippen LogP contribution >= 0.6 is 15.9 Å². The lowest BCUT2D eigenvalue weighted by Gasteiger charge is -2.05. The van der Waals surface area contributed by atoms with E-state index in [2.05, 4.69) is 36.2 Å². The summed E-state index contributed by atoms with van der Waals surface area (Å²) < 4.78 is 0.686. The van der Waals surface area contributed by atoms with E-state index in [0.717, 1.165) is 0 Å². The Balaban J connectivity index is 2.96. The summed E-state index contributed by atoms with van der Waals surface area (Å²) in [6.07, 6.45) is 3.29. The van der Waals surface area contributed by atoms with E-state index in [0.29, 0.717) is 16.2 Å². The number of nitrogens with zero attached hydrogens (tertiary/aromatic N) is 4. The Morgan fingerprint density at radius 1 is 1.57 bits per heavy atom. The molecule has 0 aliphatic rings. The Kier molecular flexibility index (Phi) is 3.82. The second-order valence-corrected chi connectivity index (χ2v) is 3.64. The third-order valence-electron chi connectivity index (χ3n) is 1.37. The van der Waals surface area contributed by atoms with Crippen LogP contribution in [0.4, 0.5) is 11.6 Å². The van der Waals surface area contributed by atoms with Gasteiger partial charge in [0.1, 0.15) is 4.60 Å². The second-order valence-electron chi connectivity index (χ2n) is 2.82. The molecule has 14 heavy (non-hydrogen) atoms. The van der Waals surface area contributed by atoms with Crippen molar-refractivity contribution < 1.29 is 0 Å². The van der Waals surface area contributed by atoms with Crippen molar-refractivity contribution in [3.8, 4) is 0 Å². The zero-order valence-corrected chi connectivity index (χ0v) is 9.91. The Morgan fingerprint density at radius 2 is 2.29 bits per heavy atom. The highest BCUT2D eigenvalue weighted by Gasteiger charge is 2.02. The molecule has 1 heterocycles. The van der Waals surface area contributed by atoms with Gasteiger partial charge in [0.2, 0.25) is 0 Å². The first kappa shape index (κ1) is 10.9. The van der Waals surface area contributed by atoms with E-state index >= 15 is 0 Å². The molecule has 1 N–H and O–H groups in total. The van der Waals surface area contributed by atoms with E-state index in [9.17, 15) is 0 Å². The number of aliphatic imine (C=N–C) groups is 1. The highest BCUT2D eigenvalue weighted by molar-refractivity contribution is 9.10. The lowest BCUT2D eigenvalue weighted by Crippen LogP contribution is -2.07. The summed E-state index contributed by atoms with van der Waals surface area (Å²) in [6.45, 7) is 0. The van der Waals surface area contributed by atoms with Crippen LogP contribution in [0.5, 0.6) is 0 Å². The molecule has 6 heteroatoms. The maximum Gasteiger partial charge on any atom is 0.196 e. The van der Waals surface area contributed by atoms with Crippen LogP contribution in [0.25, 0.3) is 0 Å². The van der Waals surface area contributed by atoms with Crippen molar-refractivity contribution in [1.82, 2.24) is 14.9 Å². The maximum atomic E-state index is 4.18. The van der Waals surface area contributed by atoms with Gasteiger partial charge in [-0.3, -0.25) is 0 Å². The average molecular weight is 258 g/mol. The summed E-state index contributed by atoms with van der Waals surface area (Å²) in [4.78, 5) is 14.3. The minimum atomic E-state index is 0.574. The van der Waals surface area contributed by atoms with E-state index in [1.807, 2.05) is 19.0 Å². The first-order valence-electron chi connectivity index (χ1n) is 4.04. The molecule has 0 radical (unpaired) electrons. The molecule has 1 rings (SSSR count). The van der Waals surface area contributed by atoms with Crippen LogP contribution < -0.4 is 5.32 Å². The van der Waals surface area contributed by atoms with Crippen LogP contribution in [0.2, 0.25) is 0 Å². The van der Waals surface area contributed by atoms with Gasteiger partial charge in [0.15, 0.2) is 11.6 Å². The molecule has 0 bridgehead atoms. The van der Waals surface area contributed by atoms with Crippen molar-refractivity contribution in [3.63, 3.8) is 0 Å². The molecule has 0 aromatic carbocycles. The zero-order chi connectivity index (χ0) is 10.6. The van der Waals surface area contributed by atoms with Crippen molar-refractivity contribution in [3.05, 3.63) is 10.8 Å². The van der Waals surface area contributed by atoms with Gasteiger partial charge in [0.05, 0.1) is 12.5 Å². The molecule has 76 valence electrons. The first-order valence-corrected chi connectivity index (χ1v) is 4.83. The Bertz CT molecular complexity index is 337. The molecule has 1 aromatic heterocycles. The van der Waals surface area contributed by atoms with Crippen molar-refractivity contribution in [2.75, 3.05) is 26.5 Å². The molecule has 0 amide bonds. The molecule has 0 spiro atoms. The predicted octanol–water partition coefficient (Wildman–Crippen LogP) is 1.50. The average Bonchev–Trinajstić information content (AvgIpc) is 2.15. The number of anilines is 1. The maximum absolute atomic E-state index is 4.18. The van der Waals surface area contributed by atoms with Crippen molar-refractivity contribution in [1.29, 1.82) is 0 Å². The molecule has 1 aromatic rings. The molecule has 0 unspecified atom stereocenters. The van der Waals surface area contributed by atoms with Gasteiger partial charge < -0.3 is 10.2 Å². The molecule has 0 aliphatic carbocycles. The smallest absolute Gasteiger partial charge is 0.196 e. The summed E-state index contributed by atoms with van der Waals surface area (Å²) in [5, 5.41) is 2.92. The van der Waals surface area contributed by atoms with Crippen molar-refractivity contribution in [2.45, 2.75) is 0 Å². The van der Waals surface area contributed by atoms with Gasteiger partial charge in [-0.15, -0.1) is 0 Å². The second kappa shape index (κ2) is 4.90. The largest absolute Gasteiger partial charge is 0.370 e. The molecule has 0 aliphatic heterocycles. The van der Waals surface area contributed by atoms with Gasteiger partial charge in [-0.2, -0.15) is 0 Å². The number of nitrogens with one attached hydrogen (secondary N) is 1. The van der Waals surface area contributed by atoms with Crippen LogP contribution in [-0.4, -0.2) is 42.3 Å². The topological polar surface area (TPSA) is 53.4 Å². The van der Waals surface area contributed by atoms with Gasteiger partial charge >= 0.3 is 0 Å². The minimum absolute atomic E-state index is 0.574. The van der Waals surface area contributed by atoms with E-state index in [-0.39, 0.29) is 0 Å². The fraction of sp³-hybridized carbons (Fsp3) is 0.375. The highest BCUT2D eigenvalue weighted by Crippen LogP contribution is 2.20. The zero-order valence-electron chi connectivity index (χ0n) is 8.32. The molecule has 0 saturated heterocycles. The van der Waals surface area contributed by atoms with Crippen LogP contribution in [0.15, 0.2) is 15.8 Å². The van der Waals surface area contributed by atoms with Gasteiger partial charge in [-0.05, 0) is 15.9 Å². The summed E-state index contributed by atoms with van der Waals surface area (Å²) in [5.74, 6) is 1.22. The molecular weight excluding hydrogens is 246 g/mol. The Labute approximate surface area is 91.4 Å². The molecule has 5 nitrogen and oxygen atoms in total. The van der Waals surface area contributed by atoms with Crippen LogP contribution in [0.1, 0.15) is 0 Å². The Morgan fingerprint density at radius 3 is 2.86 bits per heavy atom. The quantitative estimate of drug-likeness (QED) is 0.659. The molecule has 0 atom stereocenters. The summed E-state index contributed by atoms with van der Waals surface area (Å²) in [5.41, 5.74) is 0. The summed E-state index contributed by atoms with van der Waals surface area (Å²) >= 11 is 3.24. The lowest BCUT2D eigenvalue weighted by molar-refractivity contribution is 0.643. The normalized spacial score (nSPS) is 10.6. The van der Waals surface area contributed by atoms with Crippen molar-refractivity contribution >= 4 is 33.9 Å². The standard InChI is InChI=1S/C8H12BrN5/c1-10-7-8(12-5-14(2)3)11-4-6(9)13-7/h4-5H,1-3H3,(H,10,13). The van der Waals surface area contributed by atoms with E-state index in [1.54, 1.807) is 19.6 Å². The van der Waals surface area contributed by atoms with Gasteiger partial charge in [0.25, 0.3) is 0 Å². The number of halogens is 1. The minimum Gasteiger partial charge on any atom is -0.370 e. The number of hydrogen-bond acceptors (Lipinski definition) is 4. The lowest BCUT2D eigenvalue weighted by atomic mass is 10.6. The van der Waals surface area contributed by atoms with Crippen LogP contribution in [-0.2, 0) is 0 Å². The molecule has 0 fully saturated rings. The van der Waals surface area contributed by atoms with Gasteiger partial charge in [-0.1, -0.05) is 0 Å².